The lowest BCUT2D eigenvalue weighted by Crippen LogP contribution is -2.52. The van der Waals surface area contributed by atoms with Gasteiger partial charge in [0, 0.05) is 50.9 Å². The molecule has 12 nitrogen and oxygen atoms in total. The molecule has 0 unspecified atom stereocenters. The maximum Gasteiger partial charge on any atom is 0.410 e. The minimum Gasteiger partial charge on any atom is -0.496 e. The van der Waals surface area contributed by atoms with Gasteiger partial charge in [-0.05, 0) is 112 Å². The number of nitrogens with one attached hydrogen (secondary N) is 1. The van der Waals surface area contributed by atoms with Crippen molar-refractivity contribution in [2.24, 2.45) is 11.8 Å². The SMILES string of the molecule is COc1c(C)cc(C[C@@H](OC(=O)N2CCC(N3CCc4ccccc4NC3=O)CC2)C(=O)N2CCC(C3CCN(CC(=O)O)CC3)CC2)cc1C. The quantitative estimate of drug-likeness (QED) is 0.375. The highest BCUT2D eigenvalue weighted by atomic mass is 16.6. The number of aliphatic carboxylic acids is 1. The highest BCUT2D eigenvalue weighted by molar-refractivity contribution is 5.91. The van der Waals surface area contributed by atoms with Crippen molar-refractivity contribution < 1.29 is 33.8 Å². The number of methoxy groups -OCH3 is 1. The Labute approximate surface area is 301 Å². The Balaban J connectivity index is 1.07. The zero-order valence-electron chi connectivity index (χ0n) is 30.3. The number of rotatable bonds is 9. The van der Waals surface area contributed by atoms with E-state index in [2.05, 4.69) is 5.32 Å². The third-order valence-electron chi connectivity index (χ3n) is 11.5. The van der Waals surface area contributed by atoms with Gasteiger partial charge in [-0.2, -0.15) is 0 Å². The Morgan fingerprint density at radius 3 is 2.10 bits per heavy atom. The van der Waals surface area contributed by atoms with Crippen molar-refractivity contribution in [3.05, 3.63) is 58.7 Å². The number of aryl methyl sites for hydroxylation is 2. The molecule has 51 heavy (non-hydrogen) atoms. The molecule has 6 rings (SSSR count). The van der Waals surface area contributed by atoms with Gasteiger partial charge in [-0.3, -0.25) is 14.5 Å². The summed E-state index contributed by atoms with van der Waals surface area (Å²) in [6.45, 7) is 8.37. The number of hydrogen-bond acceptors (Lipinski definition) is 7. The molecular weight excluding hydrogens is 650 g/mol. The summed E-state index contributed by atoms with van der Waals surface area (Å²) in [5.41, 5.74) is 4.80. The van der Waals surface area contributed by atoms with E-state index < -0.39 is 18.2 Å². The molecule has 0 spiro atoms. The molecule has 4 heterocycles. The fourth-order valence-corrected chi connectivity index (χ4v) is 8.74. The molecule has 3 fully saturated rings. The number of ether oxygens (including phenoxy) is 2. The minimum atomic E-state index is -0.965. The third kappa shape index (κ3) is 8.77. The number of para-hydroxylation sites is 1. The van der Waals surface area contributed by atoms with Crippen molar-refractivity contribution in [3.63, 3.8) is 0 Å². The number of fused-ring (bicyclic) bond motifs is 1. The van der Waals surface area contributed by atoms with Crippen molar-refractivity contribution in [1.29, 1.82) is 0 Å². The smallest absolute Gasteiger partial charge is 0.410 e. The summed E-state index contributed by atoms with van der Waals surface area (Å²) in [4.78, 5) is 59.5. The van der Waals surface area contributed by atoms with Crippen LogP contribution in [0.5, 0.6) is 5.75 Å². The number of anilines is 1. The van der Waals surface area contributed by atoms with Crippen molar-refractivity contribution in [2.45, 2.75) is 77.4 Å². The fraction of sp³-hybridized carbons (Fsp3) is 0.590. The standard InChI is InChI=1S/C39H53N5O7/c1-26-22-28(23-27(2)36(26)50-3)24-34(37(47)42-17-10-30(11-18-42)29-8-15-41(16-9-29)25-35(45)46)51-39(49)43-19-13-32(14-20-43)44-21-12-31-6-4-5-7-33(31)40-38(44)48/h4-7,22-23,29-30,32,34H,8-21,24-25H2,1-3H3,(H,40,48)(H,45,46)/t34-/m1/s1. The predicted octanol–water partition coefficient (Wildman–Crippen LogP) is 4.95. The van der Waals surface area contributed by atoms with E-state index in [9.17, 15) is 19.2 Å². The first-order valence-electron chi connectivity index (χ1n) is 18.6. The third-order valence-corrected chi connectivity index (χ3v) is 11.5. The molecule has 276 valence electrons. The van der Waals surface area contributed by atoms with Crippen LogP contribution in [0.4, 0.5) is 15.3 Å². The summed E-state index contributed by atoms with van der Waals surface area (Å²) in [6, 6.07) is 11.8. The number of carboxylic acids is 1. The van der Waals surface area contributed by atoms with E-state index in [-0.39, 0.29) is 30.9 Å². The van der Waals surface area contributed by atoms with Crippen LogP contribution in [0.15, 0.2) is 36.4 Å². The van der Waals surface area contributed by atoms with E-state index in [0.29, 0.717) is 57.4 Å². The average molecular weight is 704 g/mol. The summed E-state index contributed by atoms with van der Waals surface area (Å²) >= 11 is 0. The molecule has 12 heteroatoms. The summed E-state index contributed by atoms with van der Waals surface area (Å²) in [5, 5.41) is 12.2. The van der Waals surface area contributed by atoms with Crippen molar-refractivity contribution in [2.75, 3.05) is 64.8 Å². The van der Waals surface area contributed by atoms with Crippen LogP contribution in [-0.2, 0) is 27.2 Å². The van der Waals surface area contributed by atoms with Crippen LogP contribution in [0, 0.1) is 25.7 Å². The topological polar surface area (TPSA) is 132 Å². The zero-order valence-corrected chi connectivity index (χ0v) is 30.3. The molecule has 2 N–H and O–H groups in total. The Morgan fingerprint density at radius 1 is 0.863 bits per heavy atom. The number of carbonyl (C=O) groups is 4. The largest absolute Gasteiger partial charge is 0.496 e. The van der Waals surface area contributed by atoms with Gasteiger partial charge in [0.05, 0.1) is 13.7 Å². The van der Waals surface area contributed by atoms with Crippen LogP contribution in [0.25, 0.3) is 0 Å². The second kappa shape index (κ2) is 16.4. The van der Waals surface area contributed by atoms with E-state index in [1.807, 2.05) is 64.9 Å². The lowest BCUT2D eigenvalue weighted by Gasteiger charge is -2.41. The summed E-state index contributed by atoms with van der Waals surface area (Å²) in [7, 11) is 1.65. The van der Waals surface area contributed by atoms with E-state index in [0.717, 1.165) is 78.9 Å². The normalized spacial score (nSPS) is 20.3. The number of hydrogen-bond donors (Lipinski definition) is 2. The van der Waals surface area contributed by atoms with E-state index in [1.54, 1.807) is 12.0 Å². The van der Waals surface area contributed by atoms with Gasteiger partial charge in [0.15, 0.2) is 6.10 Å². The maximum absolute atomic E-state index is 14.2. The molecule has 4 amide bonds. The van der Waals surface area contributed by atoms with Gasteiger partial charge in [-0.15, -0.1) is 0 Å². The average Bonchev–Trinajstić information content (AvgIpc) is 3.29. The number of benzene rings is 2. The number of carboxylic acid groups (broad SMARTS) is 1. The van der Waals surface area contributed by atoms with Crippen LogP contribution < -0.4 is 10.1 Å². The van der Waals surface area contributed by atoms with Crippen LogP contribution >= 0.6 is 0 Å². The van der Waals surface area contributed by atoms with E-state index >= 15 is 0 Å². The Morgan fingerprint density at radius 2 is 1.47 bits per heavy atom. The van der Waals surface area contributed by atoms with Gasteiger partial charge in [-0.25, -0.2) is 9.59 Å². The summed E-state index contributed by atoms with van der Waals surface area (Å²) < 4.78 is 11.7. The van der Waals surface area contributed by atoms with Crippen molar-refractivity contribution in [1.82, 2.24) is 19.6 Å². The molecule has 0 bridgehead atoms. The second-order valence-electron chi connectivity index (χ2n) is 14.8. The molecule has 0 aliphatic carbocycles. The second-order valence-corrected chi connectivity index (χ2v) is 14.8. The number of nitrogens with zero attached hydrogens (tertiary/aromatic N) is 4. The van der Waals surface area contributed by atoms with Crippen LogP contribution in [0.2, 0.25) is 0 Å². The number of likely N-dealkylation sites (tertiary alicyclic amines) is 3. The van der Waals surface area contributed by atoms with Gasteiger partial charge < -0.3 is 34.6 Å². The monoisotopic (exact) mass is 703 g/mol. The molecule has 1 atom stereocenters. The minimum absolute atomic E-state index is 0.0109. The molecule has 4 aliphatic heterocycles. The molecular formula is C39H53N5O7. The number of amides is 4. The number of piperidine rings is 3. The van der Waals surface area contributed by atoms with E-state index in [4.69, 9.17) is 14.6 Å². The maximum atomic E-state index is 14.2. The van der Waals surface area contributed by atoms with E-state index in [1.165, 1.54) is 0 Å². The van der Waals surface area contributed by atoms with Gasteiger partial charge >= 0.3 is 18.1 Å². The highest BCUT2D eigenvalue weighted by Gasteiger charge is 2.37. The van der Waals surface area contributed by atoms with Gasteiger partial charge in [0.2, 0.25) is 0 Å². The fourth-order valence-electron chi connectivity index (χ4n) is 8.74. The van der Waals surface area contributed by atoms with Crippen LogP contribution in [-0.4, -0.2) is 120 Å². The molecule has 0 saturated carbocycles. The molecule has 3 saturated heterocycles. The Kier molecular flexibility index (Phi) is 11.7. The first-order chi connectivity index (χ1) is 24.6. The lowest BCUT2D eigenvalue weighted by atomic mass is 9.78. The summed E-state index contributed by atoms with van der Waals surface area (Å²) in [6.07, 6.45) is 4.59. The predicted molar refractivity (Wildman–Crippen MR) is 193 cm³/mol. The lowest BCUT2D eigenvalue weighted by molar-refractivity contribution is -0.142. The summed E-state index contributed by atoms with van der Waals surface area (Å²) in [5.74, 6) is 0.883. The first kappa shape index (κ1) is 36.5. The zero-order chi connectivity index (χ0) is 36.1. The van der Waals surface area contributed by atoms with Crippen LogP contribution in [0.1, 0.15) is 60.8 Å². The Hall–Kier alpha value is -4.32. The number of urea groups is 1. The Bertz CT molecular complexity index is 1550. The van der Waals surface area contributed by atoms with Crippen molar-refractivity contribution >= 4 is 29.7 Å². The number of carbonyl (C=O) groups excluding carboxylic acids is 3. The molecule has 2 aromatic rings. The molecule has 4 aliphatic rings. The molecule has 0 aromatic heterocycles. The van der Waals surface area contributed by atoms with Gasteiger partial charge in [-0.1, -0.05) is 30.3 Å². The van der Waals surface area contributed by atoms with Crippen LogP contribution in [0.3, 0.4) is 0 Å². The highest BCUT2D eigenvalue weighted by Crippen LogP contribution is 2.33. The van der Waals surface area contributed by atoms with Gasteiger partial charge in [0.1, 0.15) is 5.75 Å². The molecule has 2 aromatic carbocycles. The van der Waals surface area contributed by atoms with Gasteiger partial charge in [0.25, 0.3) is 5.91 Å². The first-order valence-corrected chi connectivity index (χ1v) is 18.6. The van der Waals surface area contributed by atoms with Crippen molar-refractivity contribution in [3.8, 4) is 5.75 Å². The molecule has 0 radical (unpaired) electrons.